The topological polar surface area (TPSA) is 18.5 Å². The molecule has 0 fully saturated rings. The fourth-order valence-corrected chi connectivity index (χ4v) is 3.70. The van der Waals surface area contributed by atoms with Gasteiger partial charge in [0, 0.05) is 18.6 Å². The molecule has 0 amide bonds. The lowest BCUT2D eigenvalue weighted by Gasteiger charge is -2.36. The summed E-state index contributed by atoms with van der Waals surface area (Å²) in [5, 5.41) is 0.258. The minimum Gasteiger partial charge on any atom is -0.417 e. The van der Waals surface area contributed by atoms with Gasteiger partial charge in [0.15, 0.2) is 8.32 Å². The fourth-order valence-electron chi connectivity index (χ4n) is 2.62. The average molecular weight is 421 g/mol. The number of benzene rings is 2. The first-order chi connectivity index (χ1) is 14.3. The van der Waals surface area contributed by atoms with Crippen molar-refractivity contribution in [1.29, 1.82) is 0 Å². The largest absolute Gasteiger partial charge is 0.417 e. The van der Waals surface area contributed by atoms with Crippen LogP contribution in [0.2, 0.25) is 18.1 Å². The van der Waals surface area contributed by atoms with Crippen molar-refractivity contribution >= 4 is 14.4 Å². The van der Waals surface area contributed by atoms with E-state index in [1.165, 1.54) is 5.56 Å². The Labute approximate surface area is 184 Å². The van der Waals surface area contributed by atoms with Gasteiger partial charge < -0.3 is 9.16 Å². The van der Waals surface area contributed by atoms with E-state index in [1.54, 1.807) is 0 Å². The summed E-state index contributed by atoms with van der Waals surface area (Å²) < 4.78 is 12.0. The van der Waals surface area contributed by atoms with Crippen LogP contribution in [0, 0.1) is 11.8 Å². The van der Waals surface area contributed by atoms with Crippen molar-refractivity contribution in [3.8, 4) is 11.8 Å². The molecule has 0 radical (unpaired) electrons. The van der Waals surface area contributed by atoms with Crippen molar-refractivity contribution in [2.45, 2.75) is 58.4 Å². The van der Waals surface area contributed by atoms with Crippen molar-refractivity contribution < 1.29 is 9.16 Å². The monoisotopic (exact) mass is 420 g/mol. The van der Waals surface area contributed by atoms with E-state index in [0.717, 1.165) is 30.6 Å². The average Bonchev–Trinajstić information content (AvgIpc) is 2.71. The second-order valence-electron chi connectivity index (χ2n) is 9.00. The normalized spacial score (nSPS) is 12.0. The molecule has 0 aromatic heterocycles. The number of ether oxygens (including phenoxy) is 1. The second kappa shape index (κ2) is 11.9. The van der Waals surface area contributed by atoms with Crippen LogP contribution in [-0.4, -0.2) is 21.5 Å². The molecule has 0 saturated carbocycles. The van der Waals surface area contributed by atoms with Gasteiger partial charge in [-0.25, -0.2) is 0 Å². The minimum absolute atomic E-state index is 0.258. The van der Waals surface area contributed by atoms with Gasteiger partial charge in [0.25, 0.3) is 0 Å². The predicted octanol–water partition coefficient (Wildman–Crippen LogP) is 7.07. The van der Waals surface area contributed by atoms with Gasteiger partial charge >= 0.3 is 0 Å². The zero-order chi connectivity index (χ0) is 21.9. The van der Waals surface area contributed by atoms with Gasteiger partial charge in [-0.1, -0.05) is 93.3 Å². The van der Waals surface area contributed by atoms with Crippen molar-refractivity contribution in [3.05, 3.63) is 77.4 Å². The highest BCUT2D eigenvalue weighted by Crippen LogP contribution is 2.36. The maximum absolute atomic E-state index is 6.22. The first-order valence-electron chi connectivity index (χ1n) is 10.8. The number of hydrogen-bond acceptors (Lipinski definition) is 2. The summed E-state index contributed by atoms with van der Waals surface area (Å²) in [6.45, 7) is 13.4. The van der Waals surface area contributed by atoms with Gasteiger partial charge in [-0.15, -0.1) is 0 Å². The summed E-state index contributed by atoms with van der Waals surface area (Å²) in [6, 6.07) is 18.5. The van der Waals surface area contributed by atoms with Gasteiger partial charge in [0.1, 0.15) is 0 Å². The molecule has 0 N–H and O–H groups in total. The SMILES string of the molecule is CC(C)(C)[Si](C)(C)OCCCC#Cc1ccccc1COC/C=C/c1ccccc1. The summed E-state index contributed by atoms with van der Waals surface area (Å²) in [4.78, 5) is 0. The Bertz CT molecular complexity index is 852. The zero-order valence-corrected chi connectivity index (χ0v) is 20.2. The zero-order valence-electron chi connectivity index (χ0n) is 19.2. The Kier molecular flexibility index (Phi) is 9.59. The minimum atomic E-state index is -1.65. The molecule has 0 aliphatic heterocycles. The van der Waals surface area contributed by atoms with Crippen molar-refractivity contribution in [1.82, 2.24) is 0 Å². The lowest BCUT2D eigenvalue weighted by atomic mass is 10.1. The molecule has 0 atom stereocenters. The Morgan fingerprint density at radius 2 is 1.67 bits per heavy atom. The Balaban J connectivity index is 1.77. The summed E-state index contributed by atoms with van der Waals surface area (Å²) in [5.74, 6) is 6.62. The fraction of sp³-hybridized carbons (Fsp3) is 0.407. The third kappa shape index (κ3) is 8.32. The van der Waals surface area contributed by atoms with Gasteiger partial charge in [-0.3, -0.25) is 0 Å². The van der Waals surface area contributed by atoms with Crippen LogP contribution in [0.3, 0.4) is 0 Å². The molecule has 30 heavy (non-hydrogen) atoms. The molecule has 0 heterocycles. The summed E-state index contributed by atoms with van der Waals surface area (Å²) in [6.07, 6.45) is 5.95. The van der Waals surface area contributed by atoms with Crippen LogP contribution in [0.25, 0.3) is 6.08 Å². The molecule has 0 spiro atoms. The lowest BCUT2D eigenvalue weighted by Crippen LogP contribution is -2.40. The molecule has 2 rings (SSSR count). The van der Waals surface area contributed by atoms with Gasteiger partial charge in [0.2, 0.25) is 0 Å². The molecule has 0 bridgehead atoms. The Morgan fingerprint density at radius 3 is 2.40 bits per heavy atom. The van der Waals surface area contributed by atoms with Crippen LogP contribution in [0.5, 0.6) is 0 Å². The van der Waals surface area contributed by atoms with E-state index in [-0.39, 0.29) is 5.04 Å². The molecule has 0 aliphatic rings. The molecule has 2 nitrogen and oxygen atoms in total. The van der Waals surface area contributed by atoms with Crippen molar-refractivity contribution in [2.24, 2.45) is 0 Å². The van der Waals surface area contributed by atoms with Crippen molar-refractivity contribution in [2.75, 3.05) is 13.2 Å². The summed E-state index contributed by atoms with van der Waals surface area (Å²) in [7, 11) is -1.65. The highest BCUT2D eigenvalue weighted by Gasteiger charge is 2.36. The lowest BCUT2D eigenvalue weighted by molar-refractivity contribution is 0.149. The van der Waals surface area contributed by atoms with Crippen LogP contribution in [-0.2, 0) is 15.8 Å². The molecule has 2 aromatic rings. The van der Waals surface area contributed by atoms with Crippen LogP contribution in [0.15, 0.2) is 60.7 Å². The Morgan fingerprint density at radius 1 is 0.967 bits per heavy atom. The smallest absolute Gasteiger partial charge is 0.191 e. The van der Waals surface area contributed by atoms with E-state index >= 15 is 0 Å². The number of unbranched alkanes of at least 4 members (excludes halogenated alkanes) is 1. The van der Waals surface area contributed by atoms with E-state index in [2.05, 4.69) is 76.0 Å². The standard InChI is InChI=1S/C27H36O2Si/c1-27(2,3)30(4,5)29-22-13-7-10-18-25-19-11-12-20-26(25)23-28-21-14-17-24-15-8-6-9-16-24/h6,8-9,11-12,14-17,19-20H,7,13,21-23H2,1-5H3/b17-14+. The maximum atomic E-state index is 6.22. The van der Waals surface area contributed by atoms with Crippen LogP contribution in [0.1, 0.15) is 50.3 Å². The van der Waals surface area contributed by atoms with Crippen LogP contribution >= 0.6 is 0 Å². The quantitative estimate of drug-likeness (QED) is 0.245. The molecular weight excluding hydrogens is 384 g/mol. The Hall–Kier alpha value is -2.12. The van der Waals surface area contributed by atoms with Crippen molar-refractivity contribution in [3.63, 3.8) is 0 Å². The summed E-state index contributed by atoms with van der Waals surface area (Å²) in [5.41, 5.74) is 3.37. The predicted molar refractivity (Wildman–Crippen MR) is 131 cm³/mol. The third-order valence-corrected chi connectivity index (χ3v) is 10.1. The van der Waals surface area contributed by atoms with E-state index in [4.69, 9.17) is 9.16 Å². The highest BCUT2D eigenvalue weighted by atomic mass is 28.4. The second-order valence-corrected chi connectivity index (χ2v) is 13.8. The van der Waals surface area contributed by atoms with Gasteiger partial charge in [-0.05, 0) is 41.7 Å². The number of hydrogen-bond donors (Lipinski definition) is 0. The van der Waals surface area contributed by atoms with Crippen LogP contribution < -0.4 is 0 Å². The third-order valence-electron chi connectivity index (χ3n) is 5.54. The molecular formula is C27H36O2Si. The van der Waals surface area contributed by atoms with E-state index < -0.39 is 8.32 Å². The van der Waals surface area contributed by atoms with E-state index in [9.17, 15) is 0 Å². The maximum Gasteiger partial charge on any atom is 0.191 e. The molecule has 0 unspecified atom stereocenters. The number of rotatable bonds is 9. The molecule has 160 valence electrons. The van der Waals surface area contributed by atoms with Gasteiger partial charge in [0.05, 0.1) is 13.2 Å². The molecule has 3 heteroatoms. The first kappa shape index (κ1) is 24.1. The summed E-state index contributed by atoms with van der Waals surface area (Å²) >= 11 is 0. The molecule has 0 saturated heterocycles. The van der Waals surface area contributed by atoms with Gasteiger partial charge in [-0.2, -0.15) is 0 Å². The van der Waals surface area contributed by atoms with Crippen LogP contribution in [0.4, 0.5) is 0 Å². The highest BCUT2D eigenvalue weighted by molar-refractivity contribution is 6.74. The molecule has 2 aromatic carbocycles. The van der Waals surface area contributed by atoms with E-state index in [0.29, 0.717) is 13.2 Å². The first-order valence-corrected chi connectivity index (χ1v) is 13.7. The molecule has 0 aliphatic carbocycles. The van der Waals surface area contributed by atoms with E-state index in [1.807, 2.05) is 36.4 Å².